The molecular formula is C15H21N3O2. The molecule has 0 radical (unpaired) electrons. The van der Waals surface area contributed by atoms with Crippen LogP contribution in [-0.2, 0) is 4.74 Å². The number of hydrogen-bond acceptors (Lipinski definition) is 3. The predicted octanol–water partition coefficient (Wildman–Crippen LogP) is 1.89. The van der Waals surface area contributed by atoms with Crippen molar-refractivity contribution in [2.75, 3.05) is 20.2 Å². The Morgan fingerprint density at radius 2 is 1.90 bits per heavy atom. The Balaban J connectivity index is 2.21. The summed E-state index contributed by atoms with van der Waals surface area (Å²) in [5.74, 6) is 0. The molecule has 1 aliphatic heterocycles. The van der Waals surface area contributed by atoms with E-state index in [4.69, 9.17) is 4.74 Å². The topological polar surface area (TPSA) is 48.2 Å². The van der Waals surface area contributed by atoms with E-state index in [1.807, 2.05) is 35.8 Å². The first-order valence-corrected chi connectivity index (χ1v) is 7.19. The van der Waals surface area contributed by atoms with Crippen LogP contribution in [0.2, 0.25) is 0 Å². The van der Waals surface area contributed by atoms with Gasteiger partial charge in [0.15, 0.2) is 0 Å². The third-order valence-electron chi connectivity index (χ3n) is 4.19. The summed E-state index contributed by atoms with van der Waals surface area (Å²) in [5.41, 5.74) is 1.99. The molecule has 0 aliphatic carbocycles. The standard InChI is InChI=1S/C15H21N3O2/c1-11(20-2)17-13-5-3-4-6-14(13)18(15(17)19)12-7-9-16-10-8-12/h3-6,11-12,16H,7-10H2,1-2H3. The number of fused-ring (bicyclic) bond motifs is 1. The number of nitrogens with one attached hydrogen (secondary N) is 1. The van der Waals surface area contributed by atoms with E-state index in [2.05, 4.69) is 5.32 Å². The summed E-state index contributed by atoms with van der Waals surface area (Å²) in [4.78, 5) is 12.8. The highest BCUT2D eigenvalue weighted by atomic mass is 16.5. The lowest BCUT2D eigenvalue weighted by molar-refractivity contribution is 0.0601. The van der Waals surface area contributed by atoms with E-state index >= 15 is 0 Å². The molecule has 0 spiro atoms. The summed E-state index contributed by atoms with van der Waals surface area (Å²) < 4.78 is 9.06. The van der Waals surface area contributed by atoms with Crippen LogP contribution in [0.15, 0.2) is 29.1 Å². The van der Waals surface area contributed by atoms with Gasteiger partial charge in [0.2, 0.25) is 0 Å². The first kappa shape index (κ1) is 13.4. The smallest absolute Gasteiger partial charge is 0.331 e. The van der Waals surface area contributed by atoms with E-state index in [9.17, 15) is 4.79 Å². The lowest BCUT2D eigenvalue weighted by Gasteiger charge is -2.23. The zero-order valence-electron chi connectivity index (χ0n) is 12.0. The molecule has 1 aromatic heterocycles. The van der Waals surface area contributed by atoms with Gasteiger partial charge < -0.3 is 10.1 Å². The molecule has 108 valence electrons. The first-order chi connectivity index (χ1) is 9.74. The molecule has 1 fully saturated rings. The van der Waals surface area contributed by atoms with Gasteiger partial charge in [-0.05, 0) is 45.0 Å². The monoisotopic (exact) mass is 275 g/mol. The van der Waals surface area contributed by atoms with Crippen molar-refractivity contribution in [3.8, 4) is 0 Å². The fraction of sp³-hybridized carbons (Fsp3) is 0.533. The van der Waals surface area contributed by atoms with Crippen molar-refractivity contribution in [3.63, 3.8) is 0 Å². The molecule has 0 amide bonds. The molecule has 5 heteroatoms. The molecule has 5 nitrogen and oxygen atoms in total. The number of piperidine rings is 1. The van der Waals surface area contributed by atoms with E-state index < -0.39 is 0 Å². The maximum atomic E-state index is 12.8. The minimum Gasteiger partial charge on any atom is -0.361 e. The van der Waals surface area contributed by atoms with Gasteiger partial charge in [-0.25, -0.2) is 4.79 Å². The van der Waals surface area contributed by atoms with Crippen molar-refractivity contribution in [1.29, 1.82) is 0 Å². The Bertz CT molecular complexity index is 653. The lowest BCUT2D eigenvalue weighted by atomic mass is 10.1. The fourth-order valence-electron chi connectivity index (χ4n) is 3.07. The van der Waals surface area contributed by atoms with Gasteiger partial charge in [0.05, 0.1) is 11.0 Å². The van der Waals surface area contributed by atoms with Crippen LogP contribution in [0.3, 0.4) is 0 Å². The average Bonchev–Trinajstić information content (AvgIpc) is 2.79. The van der Waals surface area contributed by atoms with Gasteiger partial charge in [0.1, 0.15) is 6.23 Å². The van der Waals surface area contributed by atoms with Gasteiger partial charge in [-0.15, -0.1) is 0 Å². The highest BCUT2D eigenvalue weighted by molar-refractivity contribution is 5.76. The number of ether oxygens (including phenoxy) is 1. The summed E-state index contributed by atoms with van der Waals surface area (Å²) in [7, 11) is 1.63. The maximum absolute atomic E-state index is 12.8. The molecule has 1 N–H and O–H groups in total. The van der Waals surface area contributed by atoms with E-state index in [1.165, 1.54) is 0 Å². The van der Waals surface area contributed by atoms with Gasteiger partial charge in [0, 0.05) is 13.2 Å². The molecule has 1 saturated heterocycles. The van der Waals surface area contributed by atoms with Crippen molar-refractivity contribution >= 4 is 11.0 Å². The molecule has 0 saturated carbocycles. The van der Waals surface area contributed by atoms with E-state index in [1.54, 1.807) is 11.7 Å². The molecule has 2 heterocycles. The van der Waals surface area contributed by atoms with Gasteiger partial charge in [-0.3, -0.25) is 9.13 Å². The van der Waals surface area contributed by atoms with Gasteiger partial charge in [-0.2, -0.15) is 0 Å². The Labute approximate surface area is 118 Å². The summed E-state index contributed by atoms with van der Waals surface area (Å²) in [5, 5.41) is 3.35. The number of imidazole rings is 1. The molecule has 1 atom stereocenters. The summed E-state index contributed by atoms with van der Waals surface area (Å²) in [6, 6.07) is 8.25. The van der Waals surface area contributed by atoms with Crippen LogP contribution in [0.5, 0.6) is 0 Å². The van der Waals surface area contributed by atoms with Crippen LogP contribution in [0, 0.1) is 0 Å². The molecular weight excluding hydrogens is 254 g/mol. The molecule has 2 aromatic rings. The van der Waals surface area contributed by atoms with Crippen molar-refractivity contribution in [2.24, 2.45) is 0 Å². The highest BCUT2D eigenvalue weighted by Crippen LogP contribution is 2.24. The Morgan fingerprint density at radius 1 is 1.25 bits per heavy atom. The number of hydrogen-bond donors (Lipinski definition) is 1. The number of nitrogens with zero attached hydrogens (tertiary/aromatic N) is 2. The van der Waals surface area contributed by atoms with Gasteiger partial charge >= 0.3 is 5.69 Å². The average molecular weight is 275 g/mol. The number of aromatic nitrogens is 2. The van der Waals surface area contributed by atoms with E-state index in [-0.39, 0.29) is 18.0 Å². The van der Waals surface area contributed by atoms with Crippen LogP contribution >= 0.6 is 0 Å². The zero-order chi connectivity index (χ0) is 14.1. The van der Waals surface area contributed by atoms with Gasteiger partial charge in [0.25, 0.3) is 0 Å². The minimum atomic E-state index is -0.254. The second kappa shape index (κ2) is 5.42. The Hall–Kier alpha value is -1.59. The first-order valence-electron chi connectivity index (χ1n) is 7.19. The van der Waals surface area contributed by atoms with Crippen LogP contribution in [0.4, 0.5) is 0 Å². The summed E-state index contributed by atoms with van der Waals surface area (Å²) >= 11 is 0. The molecule has 1 unspecified atom stereocenters. The molecule has 20 heavy (non-hydrogen) atoms. The number of benzene rings is 1. The molecule has 0 bridgehead atoms. The van der Waals surface area contributed by atoms with Gasteiger partial charge in [-0.1, -0.05) is 12.1 Å². The third-order valence-corrected chi connectivity index (χ3v) is 4.19. The SMILES string of the molecule is COC(C)n1c(=O)n(C2CCNCC2)c2ccccc21. The lowest BCUT2D eigenvalue weighted by Crippen LogP contribution is -2.35. The van der Waals surface area contributed by atoms with E-state index in [0.29, 0.717) is 0 Å². The largest absolute Gasteiger partial charge is 0.361 e. The Kier molecular flexibility index (Phi) is 3.63. The quantitative estimate of drug-likeness (QED) is 0.930. The number of methoxy groups -OCH3 is 1. The summed E-state index contributed by atoms with van der Waals surface area (Å²) in [6.07, 6.45) is 1.74. The van der Waals surface area contributed by atoms with Crippen molar-refractivity contribution in [3.05, 3.63) is 34.7 Å². The van der Waals surface area contributed by atoms with Crippen molar-refractivity contribution < 1.29 is 4.74 Å². The van der Waals surface area contributed by atoms with Crippen LogP contribution in [0.1, 0.15) is 32.0 Å². The minimum absolute atomic E-state index is 0.0347. The number of rotatable bonds is 3. The van der Waals surface area contributed by atoms with Crippen molar-refractivity contribution in [2.45, 2.75) is 32.0 Å². The molecule has 3 rings (SSSR count). The zero-order valence-corrected chi connectivity index (χ0v) is 12.0. The summed E-state index contributed by atoms with van der Waals surface area (Å²) in [6.45, 7) is 3.84. The van der Waals surface area contributed by atoms with Crippen LogP contribution in [0.25, 0.3) is 11.0 Å². The van der Waals surface area contributed by atoms with E-state index in [0.717, 1.165) is 37.0 Å². The highest BCUT2D eigenvalue weighted by Gasteiger charge is 2.23. The van der Waals surface area contributed by atoms with Crippen LogP contribution < -0.4 is 11.0 Å². The third kappa shape index (κ3) is 2.07. The fourth-order valence-corrected chi connectivity index (χ4v) is 3.07. The second-order valence-electron chi connectivity index (χ2n) is 5.33. The van der Waals surface area contributed by atoms with Crippen molar-refractivity contribution in [1.82, 2.24) is 14.5 Å². The van der Waals surface area contributed by atoms with Crippen LogP contribution in [-0.4, -0.2) is 29.3 Å². The predicted molar refractivity (Wildman–Crippen MR) is 79.1 cm³/mol. The normalized spacial score (nSPS) is 18.5. The number of para-hydroxylation sites is 2. The Morgan fingerprint density at radius 3 is 2.55 bits per heavy atom. The molecule has 1 aromatic carbocycles. The molecule has 1 aliphatic rings. The maximum Gasteiger partial charge on any atom is 0.331 e. The second-order valence-corrected chi connectivity index (χ2v) is 5.33.